The Morgan fingerprint density at radius 1 is 1.38 bits per heavy atom. The number of rotatable bonds is 5. The minimum atomic E-state index is 0.854. The number of ether oxygens (including phenoxy) is 1. The maximum Gasteiger partial charge on any atom is 0.0495 e. The summed E-state index contributed by atoms with van der Waals surface area (Å²) in [6, 6.07) is 0. The van der Waals surface area contributed by atoms with Crippen molar-refractivity contribution >= 4 is 0 Å². The number of hydrogen-bond donors (Lipinski definition) is 0. The van der Waals surface area contributed by atoms with Gasteiger partial charge in [-0.2, -0.15) is 0 Å². The lowest BCUT2D eigenvalue weighted by atomic mass is 9.86. The van der Waals surface area contributed by atoms with Crippen LogP contribution in [0.15, 0.2) is 0 Å². The van der Waals surface area contributed by atoms with E-state index in [2.05, 4.69) is 20.8 Å². The lowest BCUT2D eigenvalue weighted by Crippen LogP contribution is -2.10. The number of hydrogen-bond acceptors (Lipinski definition) is 1. The zero-order valence-electron chi connectivity index (χ0n) is 9.38. The maximum absolute atomic E-state index is 5.38. The molecule has 0 aromatic heterocycles. The fraction of sp³-hybridized carbons (Fsp3) is 1.00. The van der Waals surface area contributed by atoms with Crippen LogP contribution >= 0.6 is 0 Å². The van der Waals surface area contributed by atoms with Crippen LogP contribution in [0.25, 0.3) is 0 Å². The summed E-state index contributed by atoms with van der Waals surface area (Å²) in [5.74, 6) is 2.65. The molecule has 1 heterocycles. The molecule has 0 bridgehead atoms. The van der Waals surface area contributed by atoms with Gasteiger partial charge in [0.15, 0.2) is 0 Å². The molecule has 0 amide bonds. The van der Waals surface area contributed by atoms with E-state index in [1.807, 2.05) is 0 Å². The fourth-order valence-corrected chi connectivity index (χ4v) is 2.27. The van der Waals surface area contributed by atoms with E-state index in [1.165, 1.54) is 25.7 Å². The van der Waals surface area contributed by atoms with Crippen molar-refractivity contribution in [3.05, 3.63) is 0 Å². The fourth-order valence-electron chi connectivity index (χ4n) is 2.27. The Labute approximate surface area is 82.9 Å². The second kappa shape index (κ2) is 5.64. The molecule has 1 saturated heterocycles. The first-order valence-corrected chi connectivity index (χ1v) is 5.81. The van der Waals surface area contributed by atoms with Crippen molar-refractivity contribution in [2.75, 3.05) is 13.2 Å². The van der Waals surface area contributed by atoms with Crippen molar-refractivity contribution in [2.24, 2.45) is 17.8 Å². The third-order valence-electron chi connectivity index (χ3n) is 3.44. The molecule has 0 N–H and O–H groups in total. The predicted molar refractivity (Wildman–Crippen MR) is 56.8 cm³/mol. The highest BCUT2D eigenvalue weighted by Gasteiger charge is 2.18. The normalized spacial score (nSPS) is 25.4. The van der Waals surface area contributed by atoms with Crippen molar-refractivity contribution in [1.29, 1.82) is 0 Å². The molecule has 0 saturated carbocycles. The average Bonchev–Trinajstić information content (AvgIpc) is 2.57. The summed E-state index contributed by atoms with van der Waals surface area (Å²) in [5.41, 5.74) is 0. The van der Waals surface area contributed by atoms with Gasteiger partial charge < -0.3 is 4.74 Å². The lowest BCUT2D eigenvalue weighted by Gasteiger charge is -2.20. The molecule has 78 valence electrons. The second-order valence-corrected chi connectivity index (χ2v) is 4.72. The first kappa shape index (κ1) is 11.0. The Balaban J connectivity index is 2.15. The van der Waals surface area contributed by atoms with Crippen LogP contribution in [0.2, 0.25) is 0 Å². The molecular weight excluding hydrogens is 160 g/mol. The van der Waals surface area contributed by atoms with Gasteiger partial charge in [0.05, 0.1) is 0 Å². The summed E-state index contributed by atoms with van der Waals surface area (Å²) in [7, 11) is 0. The Hall–Kier alpha value is -0.0400. The zero-order valence-corrected chi connectivity index (χ0v) is 9.38. The van der Waals surface area contributed by atoms with E-state index in [0.717, 1.165) is 31.0 Å². The summed E-state index contributed by atoms with van der Waals surface area (Å²) < 4.78 is 5.38. The van der Waals surface area contributed by atoms with Gasteiger partial charge in [-0.15, -0.1) is 0 Å². The second-order valence-electron chi connectivity index (χ2n) is 4.72. The van der Waals surface area contributed by atoms with Gasteiger partial charge in [0.25, 0.3) is 0 Å². The zero-order chi connectivity index (χ0) is 9.68. The van der Waals surface area contributed by atoms with E-state index in [1.54, 1.807) is 0 Å². The largest absolute Gasteiger partial charge is 0.381 e. The first-order chi connectivity index (χ1) is 6.24. The Bertz CT molecular complexity index is 125. The molecule has 1 rings (SSSR count). The van der Waals surface area contributed by atoms with Gasteiger partial charge in [0.2, 0.25) is 0 Å². The van der Waals surface area contributed by atoms with E-state index in [9.17, 15) is 0 Å². The predicted octanol–water partition coefficient (Wildman–Crippen LogP) is 3.49. The van der Waals surface area contributed by atoms with Gasteiger partial charge >= 0.3 is 0 Å². The molecule has 1 aliphatic heterocycles. The molecule has 13 heavy (non-hydrogen) atoms. The Morgan fingerprint density at radius 2 is 2.15 bits per heavy atom. The highest BCUT2D eigenvalue weighted by Crippen LogP contribution is 2.26. The van der Waals surface area contributed by atoms with E-state index >= 15 is 0 Å². The van der Waals surface area contributed by atoms with Gasteiger partial charge in [0.1, 0.15) is 0 Å². The Kier molecular flexibility index (Phi) is 4.79. The van der Waals surface area contributed by atoms with Gasteiger partial charge in [-0.1, -0.05) is 27.2 Å². The minimum Gasteiger partial charge on any atom is -0.381 e. The quantitative estimate of drug-likeness (QED) is 0.635. The molecule has 1 nitrogen and oxygen atoms in total. The van der Waals surface area contributed by atoms with Gasteiger partial charge in [0, 0.05) is 13.2 Å². The molecule has 1 fully saturated rings. The van der Waals surface area contributed by atoms with Gasteiger partial charge in [-0.3, -0.25) is 0 Å². The Morgan fingerprint density at radius 3 is 2.62 bits per heavy atom. The van der Waals surface area contributed by atoms with Crippen LogP contribution in [0.4, 0.5) is 0 Å². The summed E-state index contributed by atoms with van der Waals surface area (Å²) in [5, 5.41) is 0. The SMILES string of the molecule is CCC(CCC1CCOC1)C(C)C. The molecule has 0 spiro atoms. The van der Waals surface area contributed by atoms with Crippen molar-refractivity contribution in [3.8, 4) is 0 Å². The molecular formula is C12H24O. The van der Waals surface area contributed by atoms with Gasteiger partial charge in [-0.25, -0.2) is 0 Å². The molecule has 2 unspecified atom stereocenters. The van der Waals surface area contributed by atoms with E-state index in [-0.39, 0.29) is 0 Å². The van der Waals surface area contributed by atoms with Crippen LogP contribution in [0, 0.1) is 17.8 Å². The van der Waals surface area contributed by atoms with Crippen LogP contribution in [0.1, 0.15) is 46.5 Å². The maximum atomic E-state index is 5.38. The van der Waals surface area contributed by atoms with Crippen molar-refractivity contribution in [1.82, 2.24) is 0 Å². The molecule has 0 aromatic rings. The van der Waals surface area contributed by atoms with E-state index in [0.29, 0.717) is 0 Å². The molecule has 0 radical (unpaired) electrons. The van der Waals surface area contributed by atoms with Crippen LogP contribution in [0.3, 0.4) is 0 Å². The molecule has 1 aliphatic rings. The summed E-state index contributed by atoms with van der Waals surface area (Å²) >= 11 is 0. The standard InChI is InChI=1S/C12H24O/c1-4-12(10(2)3)6-5-11-7-8-13-9-11/h10-12H,4-9H2,1-3H3. The third-order valence-corrected chi connectivity index (χ3v) is 3.44. The van der Waals surface area contributed by atoms with Crippen LogP contribution in [-0.2, 0) is 4.74 Å². The summed E-state index contributed by atoms with van der Waals surface area (Å²) in [6.45, 7) is 9.03. The van der Waals surface area contributed by atoms with E-state index < -0.39 is 0 Å². The van der Waals surface area contributed by atoms with Gasteiger partial charge in [-0.05, 0) is 37.0 Å². The summed E-state index contributed by atoms with van der Waals surface area (Å²) in [6.07, 6.45) is 5.43. The van der Waals surface area contributed by atoms with Crippen molar-refractivity contribution in [3.63, 3.8) is 0 Å². The topological polar surface area (TPSA) is 9.23 Å². The van der Waals surface area contributed by atoms with Crippen molar-refractivity contribution < 1.29 is 4.74 Å². The average molecular weight is 184 g/mol. The highest BCUT2D eigenvalue weighted by molar-refractivity contribution is 4.68. The molecule has 2 atom stereocenters. The van der Waals surface area contributed by atoms with Crippen LogP contribution in [0.5, 0.6) is 0 Å². The monoisotopic (exact) mass is 184 g/mol. The third kappa shape index (κ3) is 3.68. The lowest BCUT2D eigenvalue weighted by molar-refractivity contribution is 0.181. The summed E-state index contributed by atoms with van der Waals surface area (Å²) in [4.78, 5) is 0. The molecule has 1 heteroatoms. The smallest absolute Gasteiger partial charge is 0.0495 e. The van der Waals surface area contributed by atoms with Crippen LogP contribution in [-0.4, -0.2) is 13.2 Å². The first-order valence-electron chi connectivity index (χ1n) is 5.81. The molecule has 0 aromatic carbocycles. The van der Waals surface area contributed by atoms with Crippen LogP contribution < -0.4 is 0 Å². The van der Waals surface area contributed by atoms with Crippen molar-refractivity contribution in [2.45, 2.75) is 46.5 Å². The molecule has 0 aliphatic carbocycles. The van der Waals surface area contributed by atoms with E-state index in [4.69, 9.17) is 4.74 Å². The minimum absolute atomic E-state index is 0.854. The highest BCUT2D eigenvalue weighted by atomic mass is 16.5.